The zero-order chi connectivity index (χ0) is 26.9. The Morgan fingerprint density at radius 3 is 2.31 bits per heavy atom. The van der Waals surface area contributed by atoms with Crippen molar-refractivity contribution in [2.24, 2.45) is 10.9 Å². The second-order valence-electron chi connectivity index (χ2n) is 7.88. The summed E-state index contributed by atoms with van der Waals surface area (Å²) in [6.45, 7) is 1.39. The highest BCUT2D eigenvalue weighted by Gasteiger charge is 2.36. The molecule has 194 valence electrons. The lowest BCUT2D eigenvalue weighted by Crippen LogP contribution is -2.47. The minimum absolute atomic E-state index is 0.0176. The monoisotopic (exact) mass is 570 g/mol. The highest BCUT2D eigenvalue weighted by atomic mass is 35.5. The molecule has 1 aliphatic heterocycles. The number of fused-ring (bicyclic) bond motifs is 1. The number of nitrogens with zero attached hydrogens (tertiary/aromatic N) is 1. The van der Waals surface area contributed by atoms with Crippen molar-refractivity contribution in [3.63, 3.8) is 0 Å². The van der Waals surface area contributed by atoms with Gasteiger partial charge < -0.3 is 26.4 Å². The van der Waals surface area contributed by atoms with Crippen molar-refractivity contribution < 1.29 is 36.9 Å². The normalized spacial score (nSPS) is 18.9. The molecule has 3 rings (SSSR count). The van der Waals surface area contributed by atoms with E-state index in [4.69, 9.17) is 44.3 Å². The molecular weight excluding hydrogens is 547 g/mol. The molecule has 12 nitrogen and oxygen atoms in total. The summed E-state index contributed by atoms with van der Waals surface area (Å²) in [5.74, 6) is -1.62. The van der Waals surface area contributed by atoms with Gasteiger partial charge in [-0.15, -0.1) is 11.6 Å². The number of phenolic OH excluding ortho intramolecular Hbond substituents is 2. The fraction of sp³-hybridized carbons (Fsp3) is 0.316. The first-order chi connectivity index (χ1) is 15.9. The van der Waals surface area contributed by atoms with E-state index in [0.717, 1.165) is 10.4 Å². The van der Waals surface area contributed by atoms with Gasteiger partial charge in [-0.3, -0.25) is 4.79 Å². The van der Waals surface area contributed by atoms with Crippen molar-refractivity contribution in [1.29, 1.82) is 0 Å². The highest BCUT2D eigenvalue weighted by Crippen LogP contribution is 2.36. The van der Waals surface area contributed by atoms with E-state index < -0.39 is 42.6 Å². The lowest BCUT2D eigenvalue weighted by Gasteiger charge is -2.33. The maximum Gasteiger partial charge on any atom is 0.323 e. The predicted molar refractivity (Wildman–Crippen MR) is 130 cm³/mol. The van der Waals surface area contributed by atoms with Crippen LogP contribution in [0, 0.1) is 0 Å². The van der Waals surface area contributed by atoms with Gasteiger partial charge in [0.25, 0.3) is 0 Å². The fourth-order valence-electron chi connectivity index (χ4n) is 2.99. The average molecular weight is 571 g/mol. The minimum Gasteiger partial charge on any atom is -0.504 e. The lowest BCUT2D eigenvalue weighted by atomic mass is 9.94. The van der Waals surface area contributed by atoms with Crippen LogP contribution in [0.25, 0.3) is 0 Å². The third kappa shape index (κ3) is 6.46. The smallest absolute Gasteiger partial charge is 0.323 e. The van der Waals surface area contributed by atoms with Gasteiger partial charge in [0, 0.05) is 13.5 Å². The SMILES string of the molecule is CN1C(CCl)Nc2cc(Cl)c(S(N)(=O)=O)cc2S1(=O)=O.C[C@](N)(Cc1ccc(O)c(O)c1)C(=O)O. The van der Waals surface area contributed by atoms with E-state index in [1.54, 1.807) is 0 Å². The predicted octanol–water partition coefficient (Wildman–Crippen LogP) is 1.04. The number of carboxylic acid groups (broad SMARTS) is 1. The van der Waals surface area contributed by atoms with Crippen molar-refractivity contribution >= 4 is 54.9 Å². The standard InChI is InChI=1S/C10H13NO4.C9H11Cl2N3O4S2/c1-10(11,9(14)15)5-6-2-3-7(12)8(13)4-6;1-14-9(4-10)13-6-2-5(11)7(19(12,15)16)3-8(6)20(14,17)18/h2-4,12-13H,5,11H2,1H3,(H,14,15);2-3,9,13H,4H2,1H3,(H2,12,15,16)/t10-;/m0./s1. The summed E-state index contributed by atoms with van der Waals surface area (Å²) in [5.41, 5.74) is 4.89. The van der Waals surface area contributed by atoms with Crippen molar-refractivity contribution in [2.45, 2.75) is 34.8 Å². The van der Waals surface area contributed by atoms with Crippen LogP contribution in [0.5, 0.6) is 11.5 Å². The molecule has 0 saturated carbocycles. The number of nitrogens with one attached hydrogen (secondary N) is 1. The van der Waals surface area contributed by atoms with Gasteiger partial charge in [-0.25, -0.2) is 22.0 Å². The van der Waals surface area contributed by atoms with Gasteiger partial charge in [0.15, 0.2) is 11.5 Å². The van der Waals surface area contributed by atoms with Crippen LogP contribution in [0.3, 0.4) is 0 Å². The molecule has 35 heavy (non-hydrogen) atoms. The van der Waals surface area contributed by atoms with Crippen LogP contribution in [0.15, 0.2) is 40.1 Å². The number of hydrogen-bond donors (Lipinski definition) is 6. The van der Waals surface area contributed by atoms with Crippen LogP contribution >= 0.6 is 23.2 Å². The molecule has 1 aliphatic rings. The molecule has 0 spiro atoms. The molecule has 16 heteroatoms. The summed E-state index contributed by atoms with van der Waals surface area (Å²) < 4.78 is 48.4. The number of rotatable bonds is 5. The third-order valence-electron chi connectivity index (χ3n) is 5.00. The molecule has 0 saturated heterocycles. The number of carbonyl (C=O) groups is 1. The van der Waals surface area contributed by atoms with Crippen LogP contribution in [0.4, 0.5) is 5.69 Å². The Hall–Kier alpha value is -2.33. The molecule has 0 aliphatic carbocycles. The van der Waals surface area contributed by atoms with Gasteiger partial charge in [-0.2, -0.15) is 4.31 Å². The second kappa shape index (κ2) is 10.3. The molecule has 0 amide bonds. The van der Waals surface area contributed by atoms with E-state index in [2.05, 4.69) is 5.32 Å². The van der Waals surface area contributed by atoms with Crippen LogP contribution in [0.1, 0.15) is 12.5 Å². The van der Waals surface area contributed by atoms with E-state index in [1.807, 2.05) is 0 Å². The van der Waals surface area contributed by atoms with E-state index in [9.17, 15) is 26.7 Å². The van der Waals surface area contributed by atoms with Crippen molar-refractivity contribution in [3.8, 4) is 11.5 Å². The van der Waals surface area contributed by atoms with Crippen LogP contribution in [0.2, 0.25) is 5.02 Å². The molecule has 0 radical (unpaired) electrons. The van der Waals surface area contributed by atoms with E-state index in [0.29, 0.717) is 5.56 Å². The Balaban J connectivity index is 0.000000258. The Labute approximate surface area is 212 Å². The number of halogens is 2. The number of aliphatic carboxylic acids is 1. The Kier molecular flexibility index (Phi) is 8.54. The molecule has 0 aromatic heterocycles. The molecular formula is C19H24Cl2N4O8S2. The molecule has 1 heterocycles. The summed E-state index contributed by atoms with van der Waals surface area (Å²) in [7, 11) is -6.66. The number of nitrogens with two attached hydrogens (primary N) is 2. The molecule has 2 aromatic carbocycles. The van der Waals surface area contributed by atoms with E-state index >= 15 is 0 Å². The van der Waals surface area contributed by atoms with Gasteiger partial charge in [0.2, 0.25) is 20.0 Å². The maximum absolute atomic E-state index is 12.3. The van der Waals surface area contributed by atoms with Gasteiger partial charge in [0.1, 0.15) is 21.5 Å². The molecule has 2 atom stereocenters. The summed E-state index contributed by atoms with van der Waals surface area (Å²) >= 11 is 11.5. The van der Waals surface area contributed by atoms with Crippen LogP contribution in [-0.2, 0) is 31.3 Å². The number of phenols is 2. The molecule has 0 fully saturated rings. The molecule has 8 N–H and O–H groups in total. The largest absolute Gasteiger partial charge is 0.504 e. The number of anilines is 1. The Bertz CT molecular complexity index is 1350. The number of alkyl halides is 1. The van der Waals surface area contributed by atoms with E-state index in [-0.39, 0.29) is 39.4 Å². The molecule has 1 unspecified atom stereocenters. The van der Waals surface area contributed by atoms with Crippen LogP contribution in [-0.4, -0.2) is 67.1 Å². The number of hydrogen-bond acceptors (Lipinski definition) is 9. The number of benzene rings is 2. The van der Waals surface area contributed by atoms with Crippen LogP contribution < -0.4 is 16.2 Å². The zero-order valence-corrected chi connectivity index (χ0v) is 21.6. The van der Waals surface area contributed by atoms with Crippen molar-refractivity contribution in [1.82, 2.24) is 4.31 Å². The third-order valence-corrected chi connectivity index (χ3v) is 8.58. The zero-order valence-electron chi connectivity index (χ0n) is 18.4. The van der Waals surface area contributed by atoms with Crippen molar-refractivity contribution in [3.05, 3.63) is 40.9 Å². The Morgan fingerprint density at radius 2 is 1.83 bits per heavy atom. The molecule has 0 bridgehead atoms. The summed E-state index contributed by atoms with van der Waals surface area (Å²) in [5, 5.41) is 34.8. The lowest BCUT2D eigenvalue weighted by molar-refractivity contribution is -0.142. The summed E-state index contributed by atoms with van der Waals surface area (Å²) in [4.78, 5) is 10.1. The second-order valence-corrected chi connectivity index (χ2v) is 12.1. The summed E-state index contributed by atoms with van der Waals surface area (Å²) in [6, 6.07) is 6.26. The van der Waals surface area contributed by atoms with Gasteiger partial charge in [-0.1, -0.05) is 17.7 Å². The fourth-order valence-corrected chi connectivity index (χ4v) is 5.96. The topological polar surface area (TPSA) is 213 Å². The van der Waals surface area contributed by atoms with E-state index in [1.165, 1.54) is 38.2 Å². The number of primary sulfonamides is 1. The quantitative estimate of drug-likeness (QED) is 0.222. The Morgan fingerprint density at radius 1 is 1.23 bits per heavy atom. The maximum atomic E-state index is 12.3. The van der Waals surface area contributed by atoms with Gasteiger partial charge in [-0.05, 0) is 36.8 Å². The number of sulfonamides is 2. The first-order valence-corrected chi connectivity index (χ1v) is 13.5. The summed E-state index contributed by atoms with van der Waals surface area (Å²) in [6.07, 6.45) is -0.568. The first kappa shape index (κ1) is 28.9. The molecule has 2 aromatic rings. The number of aromatic hydroxyl groups is 2. The highest BCUT2D eigenvalue weighted by molar-refractivity contribution is 7.90. The van der Waals surface area contributed by atoms with Crippen molar-refractivity contribution in [2.75, 3.05) is 18.2 Å². The van der Waals surface area contributed by atoms with Gasteiger partial charge in [0.05, 0.1) is 16.6 Å². The average Bonchev–Trinajstić information content (AvgIpc) is 2.72. The minimum atomic E-state index is -4.12. The van der Waals surface area contributed by atoms with Gasteiger partial charge >= 0.3 is 5.97 Å². The number of carboxylic acids is 1. The first-order valence-electron chi connectivity index (χ1n) is 9.62.